The molecule has 0 aliphatic carbocycles. The average Bonchev–Trinajstić information content (AvgIpc) is 2.65. The van der Waals surface area contributed by atoms with Gasteiger partial charge in [-0.3, -0.25) is 4.79 Å². The summed E-state index contributed by atoms with van der Waals surface area (Å²) in [5.41, 5.74) is 1.96. The van der Waals surface area contributed by atoms with Crippen molar-refractivity contribution in [2.24, 2.45) is 0 Å². The van der Waals surface area contributed by atoms with E-state index in [4.69, 9.17) is 4.74 Å². The van der Waals surface area contributed by atoms with Crippen LogP contribution in [0, 0.1) is 35.7 Å². The molecule has 0 saturated heterocycles. The molecule has 0 unspecified atom stereocenters. The molecule has 0 radical (unpaired) electrons. The lowest BCUT2D eigenvalue weighted by molar-refractivity contribution is 0.281. The van der Waals surface area contributed by atoms with Crippen LogP contribution in [0.25, 0.3) is 11.1 Å². The summed E-state index contributed by atoms with van der Waals surface area (Å²) < 4.78 is 44.9. The third kappa shape index (κ3) is 3.70. The first-order valence-electron chi connectivity index (χ1n) is 7.90. The van der Waals surface area contributed by atoms with E-state index in [0.717, 1.165) is 12.1 Å². The fraction of sp³-hybridized carbons (Fsp3) is 0.100. The van der Waals surface area contributed by atoms with Crippen molar-refractivity contribution in [3.05, 3.63) is 87.1 Å². The van der Waals surface area contributed by atoms with Crippen molar-refractivity contribution in [1.29, 1.82) is 5.26 Å². The molecule has 0 amide bonds. The van der Waals surface area contributed by atoms with Gasteiger partial charge in [0.1, 0.15) is 18.2 Å². The molecule has 7 heteroatoms. The highest BCUT2D eigenvalue weighted by Gasteiger charge is 2.15. The van der Waals surface area contributed by atoms with Crippen LogP contribution >= 0.6 is 0 Å². The van der Waals surface area contributed by atoms with Crippen LogP contribution in [-0.2, 0) is 6.61 Å². The van der Waals surface area contributed by atoms with Crippen LogP contribution in [-0.4, -0.2) is 4.98 Å². The molecule has 1 heterocycles. The number of H-pyrrole nitrogens is 1. The minimum absolute atomic E-state index is 0.00783. The van der Waals surface area contributed by atoms with E-state index in [1.54, 1.807) is 37.3 Å². The normalized spacial score (nSPS) is 10.5. The fourth-order valence-corrected chi connectivity index (χ4v) is 2.59. The van der Waals surface area contributed by atoms with E-state index in [0.29, 0.717) is 22.4 Å². The molecule has 1 N–H and O–H groups in total. The first-order chi connectivity index (χ1) is 12.9. The number of aromatic nitrogens is 1. The van der Waals surface area contributed by atoms with Gasteiger partial charge in [0.05, 0.1) is 0 Å². The third-order valence-corrected chi connectivity index (χ3v) is 3.94. The smallest absolute Gasteiger partial charge is 0.266 e. The second kappa shape index (κ2) is 7.38. The van der Waals surface area contributed by atoms with Gasteiger partial charge in [-0.2, -0.15) is 9.65 Å². The van der Waals surface area contributed by atoms with Crippen LogP contribution in [0.4, 0.5) is 13.2 Å². The predicted octanol–water partition coefficient (Wildman–Crippen LogP) is 4.22. The molecule has 3 rings (SSSR count). The number of aromatic amines is 1. The molecule has 1 aromatic heterocycles. The average molecular weight is 370 g/mol. The summed E-state index contributed by atoms with van der Waals surface area (Å²) in [5.74, 6) is -4.65. The Morgan fingerprint density at radius 3 is 2.44 bits per heavy atom. The zero-order valence-corrected chi connectivity index (χ0v) is 14.1. The van der Waals surface area contributed by atoms with Gasteiger partial charge in [-0.25, -0.2) is 8.78 Å². The minimum atomic E-state index is -1.59. The maximum atomic E-state index is 13.6. The van der Waals surface area contributed by atoms with Crippen molar-refractivity contribution < 1.29 is 17.9 Å². The van der Waals surface area contributed by atoms with Crippen LogP contribution in [0.5, 0.6) is 5.75 Å². The summed E-state index contributed by atoms with van der Waals surface area (Å²) in [6.07, 6.45) is 0. The van der Waals surface area contributed by atoms with Crippen LogP contribution in [0.1, 0.15) is 16.8 Å². The largest absolute Gasteiger partial charge is 0.486 e. The third-order valence-electron chi connectivity index (χ3n) is 3.94. The molecular weight excluding hydrogens is 357 g/mol. The Kier molecular flexibility index (Phi) is 4.99. The first kappa shape index (κ1) is 18.3. The zero-order chi connectivity index (χ0) is 19.6. The van der Waals surface area contributed by atoms with Crippen LogP contribution < -0.4 is 10.3 Å². The van der Waals surface area contributed by atoms with Crippen molar-refractivity contribution in [2.75, 3.05) is 0 Å². The monoisotopic (exact) mass is 370 g/mol. The molecule has 0 bridgehead atoms. The SMILES string of the molecule is Cc1cc(-c2ccc(COc3ccc(F)c(F)c3F)cc2)c(C#N)c(=O)[nH]1. The maximum absolute atomic E-state index is 13.6. The summed E-state index contributed by atoms with van der Waals surface area (Å²) in [6, 6.07) is 12.1. The fourth-order valence-electron chi connectivity index (χ4n) is 2.59. The summed E-state index contributed by atoms with van der Waals surface area (Å²) in [7, 11) is 0. The van der Waals surface area contributed by atoms with Crippen molar-refractivity contribution in [1.82, 2.24) is 4.98 Å². The molecule has 27 heavy (non-hydrogen) atoms. The predicted molar refractivity (Wildman–Crippen MR) is 92.6 cm³/mol. The van der Waals surface area contributed by atoms with E-state index in [1.165, 1.54) is 0 Å². The van der Waals surface area contributed by atoms with Crippen molar-refractivity contribution in [2.45, 2.75) is 13.5 Å². The van der Waals surface area contributed by atoms with E-state index in [2.05, 4.69) is 4.98 Å². The Hall–Kier alpha value is -3.53. The van der Waals surface area contributed by atoms with Gasteiger partial charge in [-0.15, -0.1) is 0 Å². The summed E-state index contributed by atoms with van der Waals surface area (Å²) >= 11 is 0. The van der Waals surface area contributed by atoms with Gasteiger partial charge in [0.15, 0.2) is 17.4 Å². The first-order valence-corrected chi connectivity index (χ1v) is 7.90. The minimum Gasteiger partial charge on any atom is -0.486 e. The number of hydrogen-bond acceptors (Lipinski definition) is 3. The van der Waals surface area contributed by atoms with E-state index in [9.17, 15) is 23.2 Å². The van der Waals surface area contributed by atoms with Crippen molar-refractivity contribution >= 4 is 0 Å². The van der Waals surface area contributed by atoms with E-state index < -0.39 is 28.8 Å². The number of nitrogens with one attached hydrogen (secondary N) is 1. The van der Waals surface area contributed by atoms with E-state index >= 15 is 0 Å². The number of aryl methyl sites for hydroxylation is 1. The quantitative estimate of drug-likeness (QED) is 0.700. The molecule has 2 aromatic carbocycles. The number of benzene rings is 2. The van der Waals surface area contributed by atoms with E-state index in [-0.39, 0.29) is 12.2 Å². The van der Waals surface area contributed by atoms with Gasteiger partial charge in [-0.05, 0) is 36.2 Å². The van der Waals surface area contributed by atoms with E-state index in [1.807, 2.05) is 6.07 Å². The molecule has 136 valence electrons. The van der Waals surface area contributed by atoms with Gasteiger partial charge < -0.3 is 9.72 Å². The lowest BCUT2D eigenvalue weighted by atomic mass is 10.00. The zero-order valence-electron chi connectivity index (χ0n) is 14.1. The van der Waals surface area contributed by atoms with Crippen molar-refractivity contribution in [3.8, 4) is 22.9 Å². The number of nitrogens with zero attached hydrogens (tertiary/aromatic N) is 1. The van der Waals surface area contributed by atoms with Gasteiger partial charge >= 0.3 is 0 Å². The molecule has 0 aliphatic rings. The highest BCUT2D eigenvalue weighted by molar-refractivity contribution is 5.70. The number of rotatable bonds is 4. The summed E-state index contributed by atoms with van der Waals surface area (Å²) in [5, 5.41) is 9.20. The number of nitriles is 1. The highest BCUT2D eigenvalue weighted by atomic mass is 19.2. The lowest BCUT2D eigenvalue weighted by Gasteiger charge is -2.09. The Labute approximate surface area is 152 Å². The molecule has 4 nitrogen and oxygen atoms in total. The lowest BCUT2D eigenvalue weighted by Crippen LogP contribution is -2.12. The molecule has 3 aromatic rings. The Morgan fingerprint density at radius 1 is 1.07 bits per heavy atom. The molecular formula is C20H13F3N2O2. The van der Waals surface area contributed by atoms with Crippen LogP contribution in [0.3, 0.4) is 0 Å². The Morgan fingerprint density at radius 2 is 1.78 bits per heavy atom. The standard InChI is InChI=1S/C20H13F3N2O2/c1-11-8-14(15(9-24)20(26)25-11)13-4-2-12(3-5-13)10-27-17-7-6-16(21)18(22)19(17)23/h2-8H,10H2,1H3,(H,25,26). The molecule has 0 aliphatic heterocycles. The second-order valence-corrected chi connectivity index (χ2v) is 5.84. The van der Waals surface area contributed by atoms with Crippen molar-refractivity contribution in [3.63, 3.8) is 0 Å². The molecule has 0 atom stereocenters. The topological polar surface area (TPSA) is 65.9 Å². The summed E-state index contributed by atoms with van der Waals surface area (Å²) in [6.45, 7) is 1.65. The number of halogens is 3. The second-order valence-electron chi connectivity index (χ2n) is 5.84. The van der Waals surface area contributed by atoms with Gasteiger partial charge in [0.25, 0.3) is 5.56 Å². The van der Waals surface area contributed by atoms with Gasteiger partial charge in [0.2, 0.25) is 5.82 Å². The Bertz CT molecular complexity index is 1100. The maximum Gasteiger partial charge on any atom is 0.266 e. The molecule has 0 saturated carbocycles. The van der Waals surface area contributed by atoms with Gasteiger partial charge in [0, 0.05) is 11.3 Å². The number of ether oxygens (including phenoxy) is 1. The van der Waals surface area contributed by atoms with Crippen LogP contribution in [0.15, 0.2) is 47.3 Å². The molecule has 0 fully saturated rings. The molecule has 0 spiro atoms. The Balaban J connectivity index is 1.82. The highest BCUT2D eigenvalue weighted by Crippen LogP contribution is 2.25. The number of pyridine rings is 1. The van der Waals surface area contributed by atoms with Gasteiger partial charge in [-0.1, -0.05) is 24.3 Å². The summed E-state index contributed by atoms with van der Waals surface area (Å²) in [4.78, 5) is 14.5. The number of hydrogen-bond donors (Lipinski definition) is 1. The van der Waals surface area contributed by atoms with Crippen LogP contribution in [0.2, 0.25) is 0 Å².